The van der Waals surface area contributed by atoms with Crippen molar-refractivity contribution in [1.29, 1.82) is 0 Å². The third-order valence-corrected chi connectivity index (χ3v) is 4.95. The summed E-state index contributed by atoms with van der Waals surface area (Å²) in [5.41, 5.74) is -1.11. The minimum atomic E-state index is -4.59. The molecule has 0 radical (unpaired) electrons. The number of hydrogen-bond donors (Lipinski definition) is 0. The van der Waals surface area contributed by atoms with E-state index in [1.807, 2.05) is 0 Å². The Morgan fingerprint density at radius 3 is 2.28 bits per heavy atom. The molecule has 0 N–H and O–H groups in total. The van der Waals surface area contributed by atoms with E-state index in [9.17, 15) is 32.9 Å². The van der Waals surface area contributed by atoms with Crippen molar-refractivity contribution in [1.82, 2.24) is 0 Å². The first kappa shape index (κ1) is 26.5. The van der Waals surface area contributed by atoms with Gasteiger partial charge in [0.2, 0.25) is 0 Å². The van der Waals surface area contributed by atoms with Crippen molar-refractivity contribution in [3.05, 3.63) is 98.6 Å². The number of alkyl halides is 3. The van der Waals surface area contributed by atoms with Crippen LogP contribution in [-0.4, -0.2) is 30.1 Å². The fourth-order valence-corrected chi connectivity index (χ4v) is 3.21. The monoisotopic (exact) mass is 523 g/mol. The zero-order valence-corrected chi connectivity index (χ0v) is 19.0. The molecule has 0 aliphatic heterocycles. The van der Waals surface area contributed by atoms with Crippen LogP contribution in [-0.2, 0) is 26.9 Å². The van der Waals surface area contributed by atoms with Gasteiger partial charge in [-0.2, -0.15) is 13.2 Å². The van der Waals surface area contributed by atoms with Gasteiger partial charge in [0.05, 0.1) is 27.5 Å². The lowest BCUT2D eigenvalue weighted by molar-refractivity contribution is -0.385. The van der Waals surface area contributed by atoms with Crippen LogP contribution in [0.4, 0.5) is 18.9 Å². The Balaban J connectivity index is 1.63. The number of ether oxygens (including phenoxy) is 3. The predicted octanol–water partition coefficient (Wildman–Crippen LogP) is 6.00. The van der Waals surface area contributed by atoms with Gasteiger partial charge in [0.25, 0.3) is 5.69 Å². The highest BCUT2D eigenvalue weighted by Gasteiger charge is 2.31. The minimum Gasteiger partial charge on any atom is -0.462 e. The Kier molecular flexibility index (Phi) is 8.49. The molecular weight excluding hydrogens is 507 g/mol. The highest BCUT2D eigenvalue weighted by molar-refractivity contribution is 6.32. The van der Waals surface area contributed by atoms with Gasteiger partial charge in [-0.15, -0.1) is 0 Å². The van der Waals surface area contributed by atoms with E-state index in [1.54, 1.807) is 30.3 Å². The lowest BCUT2D eigenvalue weighted by atomic mass is 10.1. The quantitative estimate of drug-likeness (QED) is 0.146. The third kappa shape index (κ3) is 7.19. The fourth-order valence-electron chi connectivity index (χ4n) is 2.99. The van der Waals surface area contributed by atoms with E-state index in [0.29, 0.717) is 11.6 Å². The second-order valence-corrected chi connectivity index (χ2v) is 7.60. The molecule has 0 aromatic heterocycles. The zero-order valence-electron chi connectivity index (χ0n) is 18.3. The number of carbonyl (C=O) groups excluding carboxylic acids is 2. The highest BCUT2D eigenvalue weighted by atomic mass is 35.5. The zero-order chi connectivity index (χ0) is 26.3. The van der Waals surface area contributed by atoms with E-state index in [1.165, 1.54) is 12.1 Å². The van der Waals surface area contributed by atoms with Crippen LogP contribution < -0.4 is 4.74 Å². The van der Waals surface area contributed by atoms with Gasteiger partial charge in [-0.3, -0.25) is 14.9 Å². The molecule has 188 valence electrons. The number of hydrogen-bond acceptors (Lipinski definition) is 7. The summed E-state index contributed by atoms with van der Waals surface area (Å²) in [6.07, 6.45) is -5.11. The van der Waals surface area contributed by atoms with Crippen molar-refractivity contribution in [3.8, 4) is 11.5 Å². The van der Waals surface area contributed by atoms with Crippen LogP contribution in [0.2, 0.25) is 5.02 Å². The van der Waals surface area contributed by atoms with E-state index in [-0.39, 0.29) is 35.3 Å². The summed E-state index contributed by atoms with van der Waals surface area (Å²) in [5.74, 6) is -1.55. The van der Waals surface area contributed by atoms with E-state index < -0.39 is 40.7 Å². The number of rotatable bonds is 9. The summed E-state index contributed by atoms with van der Waals surface area (Å²) in [4.78, 5) is 34.7. The van der Waals surface area contributed by atoms with Gasteiger partial charge in [0, 0.05) is 11.6 Å². The molecule has 12 heteroatoms. The van der Waals surface area contributed by atoms with Crippen molar-refractivity contribution in [3.63, 3.8) is 0 Å². The number of esters is 2. The third-order valence-electron chi connectivity index (χ3n) is 4.66. The van der Waals surface area contributed by atoms with Crippen molar-refractivity contribution in [2.45, 2.75) is 12.6 Å². The smallest absolute Gasteiger partial charge is 0.416 e. The molecule has 0 saturated heterocycles. The summed E-state index contributed by atoms with van der Waals surface area (Å²) >= 11 is 5.88. The van der Waals surface area contributed by atoms with Gasteiger partial charge >= 0.3 is 18.1 Å². The predicted molar refractivity (Wildman–Crippen MR) is 121 cm³/mol. The van der Waals surface area contributed by atoms with Crippen LogP contribution in [0.5, 0.6) is 11.5 Å². The summed E-state index contributed by atoms with van der Waals surface area (Å²) in [6, 6.07) is 14.1. The molecule has 0 bridgehead atoms. The molecule has 0 aliphatic rings. The van der Waals surface area contributed by atoms with Crippen molar-refractivity contribution >= 4 is 29.2 Å². The van der Waals surface area contributed by atoms with Crippen LogP contribution >= 0.6 is 11.6 Å². The molecule has 0 aliphatic carbocycles. The first-order valence-electron chi connectivity index (χ1n) is 10.2. The van der Waals surface area contributed by atoms with Crippen molar-refractivity contribution < 1.29 is 41.9 Å². The largest absolute Gasteiger partial charge is 0.462 e. The molecule has 3 aromatic carbocycles. The summed E-state index contributed by atoms with van der Waals surface area (Å²) in [7, 11) is 0. The molecular formula is C24H17ClF3NO7. The Labute approximate surface area is 207 Å². The van der Waals surface area contributed by atoms with Crippen LogP contribution in [0.15, 0.2) is 66.7 Å². The summed E-state index contributed by atoms with van der Waals surface area (Å²) in [6.45, 7) is -0.500. The maximum Gasteiger partial charge on any atom is 0.416 e. The number of carbonyl (C=O) groups is 2. The SMILES string of the molecule is O=C(Cc1cc(Oc2ccc(C(F)(F)F)cc2Cl)ccc1[N+](=O)[O-])OCCOC(=O)c1ccccc1. The lowest BCUT2D eigenvalue weighted by Gasteiger charge is -2.12. The Hall–Kier alpha value is -4.12. The van der Waals surface area contributed by atoms with Crippen LogP contribution in [0.1, 0.15) is 21.5 Å². The van der Waals surface area contributed by atoms with E-state index in [0.717, 1.165) is 18.2 Å². The number of nitro groups is 1. The highest BCUT2D eigenvalue weighted by Crippen LogP contribution is 2.37. The molecule has 8 nitrogen and oxygen atoms in total. The molecule has 0 fully saturated rings. The standard InChI is InChI=1S/C24H17ClF3NO7/c25-19-14-17(24(26,27)28)6-9-21(19)36-18-7-8-20(29(32)33)16(12-18)13-22(30)34-10-11-35-23(31)15-4-2-1-3-5-15/h1-9,12,14H,10-11,13H2. The van der Waals surface area contributed by atoms with E-state index in [2.05, 4.69) is 0 Å². The molecule has 0 spiro atoms. The molecule has 0 saturated carbocycles. The number of nitro benzene ring substituents is 1. The molecule has 0 atom stereocenters. The first-order valence-corrected chi connectivity index (χ1v) is 10.6. The number of halogens is 4. The molecule has 3 rings (SSSR count). The van der Waals surface area contributed by atoms with Gasteiger partial charge in [-0.25, -0.2) is 4.79 Å². The average molecular weight is 524 g/mol. The lowest BCUT2D eigenvalue weighted by Crippen LogP contribution is -2.15. The van der Waals surface area contributed by atoms with Gasteiger partial charge < -0.3 is 14.2 Å². The average Bonchev–Trinajstić information content (AvgIpc) is 2.83. The molecule has 36 heavy (non-hydrogen) atoms. The fraction of sp³-hybridized carbons (Fsp3) is 0.167. The summed E-state index contributed by atoms with van der Waals surface area (Å²) < 4.78 is 53.9. The normalized spacial score (nSPS) is 11.0. The van der Waals surface area contributed by atoms with Gasteiger partial charge in [0.1, 0.15) is 24.7 Å². The number of nitrogens with zero attached hydrogens (tertiary/aromatic N) is 1. The molecule has 0 heterocycles. The topological polar surface area (TPSA) is 105 Å². The van der Waals surface area contributed by atoms with Crippen LogP contribution in [0.3, 0.4) is 0 Å². The Morgan fingerprint density at radius 1 is 0.944 bits per heavy atom. The first-order chi connectivity index (χ1) is 17.0. The maximum atomic E-state index is 12.8. The second kappa shape index (κ2) is 11.5. The van der Waals surface area contributed by atoms with E-state index in [4.69, 9.17) is 25.8 Å². The number of benzene rings is 3. The maximum absolute atomic E-state index is 12.8. The summed E-state index contributed by atoms with van der Waals surface area (Å²) in [5, 5.41) is 11.0. The molecule has 0 amide bonds. The van der Waals surface area contributed by atoms with Crippen LogP contribution in [0, 0.1) is 10.1 Å². The second-order valence-electron chi connectivity index (χ2n) is 7.19. The Morgan fingerprint density at radius 2 is 1.64 bits per heavy atom. The molecule has 0 unspecified atom stereocenters. The van der Waals surface area contributed by atoms with Gasteiger partial charge in [0.15, 0.2) is 0 Å². The van der Waals surface area contributed by atoms with Gasteiger partial charge in [-0.1, -0.05) is 29.8 Å². The molecule has 3 aromatic rings. The van der Waals surface area contributed by atoms with Crippen LogP contribution in [0.25, 0.3) is 0 Å². The van der Waals surface area contributed by atoms with Crippen molar-refractivity contribution in [2.75, 3.05) is 13.2 Å². The Bertz CT molecular complexity index is 1270. The van der Waals surface area contributed by atoms with Crippen molar-refractivity contribution in [2.24, 2.45) is 0 Å². The minimum absolute atomic E-state index is 0.00171. The van der Waals surface area contributed by atoms with Gasteiger partial charge in [-0.05, 0) is 42.5 Å². The van der Waals surface area contributed by atoms with E-state index >= 15 is 0 Å².